The second-order valence-electron chi connectivity index (χ2n) is 4.43. The van der Waals surface area contributed by atoms with E-state index in [1.54, 1.807) is 11.6 Å². The van der Waals surface area contributed by atoms with Crippen molar-refractivity contribution in [1.29, 1.82) is 0 Å². The number of carbonyl (C=O) groups excluding carboxylic acids is 1. The highest BCUT2D eigenvalue weighted by atomic mass is 79.9. The minimum absolute atomic E-state index is 0.434. The largest absolute Gasteiger partial charge is 0.366 e. The van der Waals surface area contributed by atoms with E-state index in [1.165, 1.54) is 0 Å². The van der Waals surface area contributed by atoms with Crippen molar-refractivity contribution in [2.75, 3.05) is 5.32 Å². The maximum atomic E-state index is 11.8. The summed E-state index contributed by atoms with van der Waals surface area (Å²) in [5, 5.41) is 14.5. The lowest BCUT2D eigenvalue weighted by molar-refractivity contribution is -0.115. The van der Waals surface area contributed by atoms with Crippen LogP contribution in [0.3, 0.4) is 0 Å². The number of primary amides is 1. The molecule has 102 valence electrons. The van der Waals surface area contributed by atoms with E-state index in [0.717, 1.165) is 10.0 Å². The fourth-order valence-electron chi connectivity index (χ4n) is 2.32. The average Bonchev–Trinajstić information content (AvgIpc) is 2.84. The van der Waals surface area contributed by atoms with E-state index in [0.29, 0.717) is 17.2 Å². The number of hydrogen-bond acceptors (Lipinski definition) is 5. The van der Waals surface area contributed by atoms with Gasteiger partial charge in [-0.15, -0.1) is 0 Å². The molecule has 0 aliphatic carbocycles. The lowest BCUT2D eigenvalue weighted by Crippen LogP contribution is -2.31. The zero-order valence-electron chi connectivity index (χ0n) is 10.5. The number of nitrogens with zero attached hydrogens (tertiary/aromatic N) is 4. The number of anilines is 1. The molecule has 2 heterocycles. The van der Waals surface area contributed by atoms with Crippen LogP contribution in [0.5, 0.6) is 0 Å². The van der Waals surface area contributed by atoms with Gasteiger partial charge in [-0.3, -0.25) is 4.79 Å². The van der Waals surface area contributed by atoms with Crippen molar-refractivity contribution in [3.63, 3.8) is 0 Å². The van der Waals surface area contributed by atoms with Crippen LogP contribution in [0.4, 0.5) is 5.95 Å². The van der Waals surface area contributed by atoms with Crippen molar-refractivity contribution in [1.82, 2.24) is 20.2 Å². The van der Waals surface area contributed by atoms with Crippen molar-refractivity contribution >= 4 is 27.8 Å². The fraction of sp³-hybridized carbons (Fsp3) is 0.167. The third kappa shape index (κ3) is 1.97. The van der Waals surface area contributed by atoms with Crippen molar-refractivity contribution in [2.24, 2.45) is 5.73 Å². The molecular weight excluding hydrogens is 324 g/mol. The first-order chi connectivity index (χ1) is 9.58. The van der Waals surface area contributed by atoms with Crippen molar-refractivity contribution in [3.05, 3.63) is 45.6 Å². The molecule has 0 bridgehead atoms. The lowest BCUT2D eigenvalue weighted by atomic mass is 9.95. The van der Waals surface area contributed by atoms with Crippen LogP contribution in [0.1, 0.15) is 18.5 Å². The van der Waals surface area contributed by atoms with Crippen LogP contribution >= 0.6 is 15.9 Å². The second-order valence-corrected chi connectivity index (χ2v) is 5.35. The van der Waals surface area contributed by atoms with E-state index in [2.05, 4.69) is 36.8 Å². The lowest BCUT2D eigenvalue weighted by Gasteiger charge is -2.26. The van der Waals surface area contributed by atoms with Crippen LogP contribution in [-0.2, 0) is 4.79 Å². The van der Waals surface area contributed by atoms with Gasteiger partial charge in [-0.05, 0) is 35.0 Å². The normalized spacial score (nSPS) is 17.6. The number of rotatable bonds is 2. The molecular formula is C12H11BrN6O. The van der Waals surface area contributed by atoms with Gasteiger partial charge < -0.3 is 11.1 Å². The zero-order chi connectivity index (χ0) is 14.3. The van der Waals surface area contributed by atoms with E-state index < -0.39 is 11.9 Å². The monoisotopic (exact) mass is 334 g/mol. The summed E-state index contributed by atoms with van der Waals surface area (Å²) < 4.78 is 2.46. The number of fused-ring (bicyclic) bond motifs is 1. The number of carbonyl (C=O) groups is 1. The van der Waals surface area contributed by atoms with Crippen LogP contribution in [0.15, 0.2) is 40.0 Å². The molecule has 0 radical (unpaired) electrons. The maximum Gasteiger partial charge on any atom is 0.248 e. The van der Waals surface area contributed by atoms with E-state index in [4.69, 9.17) is 5.73 Å². The van der Waals surface area contributed by atoms with Gasteiger partial charge in [0.15, 0.2) is 0 Å². The molecule has 1 aliphatic heterocycles. The summed E-state index contributed by atoms with van der Waals surface area (Å²) in [5.41, 5.74) is 7.50. The molecule has 20 heavy (non-hydrogen) atoms. The van der Waals surface area contributed by atoms with E-state index >= 15 is 0 Å². The smallest absolute Gasteiger partial charge is 0.248 e. The quantitative estimate of drug-likeness (QED) is 0.859. The van der Waals surface area contributed by atoms with Gasteiger partial charge in [-0.2, -0.15) is 4.68 Å². The third-order valence-electron chi connectivity index (χ3n) is 3.14. The molecule has 3 rings (SSSR count). The highest BCUT2D eigenvalue weighted by Crippen LogP contribution is 2.34. The van der Waals surface area contributed by atoms with Gasteiger partial charge in [0.1, 0.15) is 6.04 Å². The predicted molar refractivity (Wildman–Crippen MR) is 75.6 cm³/mol. The minimum atomic E-state index is -0.499. The minimum Gasteiger partial charge on any atom is -0.366 e. The van der Waals surface area contributed by atoms with Crippen LogP contribution in [0, 0.1) is 0 Å². The Hall–Kier alpha value is -2.22. The third-order valence-corrected chi connectivity index (χ3v) is 3.64. The number of amides is 1. The highest BCUT2D eigenvalue weighted by molar-refractivity contribution is 9.10. The Kier molecular flexibility index (Phi) is 3.01. The van der Waals surface area contributed by atoms with Crippen LogP contribution in [-0.4, -0.2) is 26.1 Å². The Bertz CT molecular complexity index is 722. The fourth-order valence-corrected chi connectivity index (χ4v) is 2.73. The molecule has 1 aromatic heterocycles. The first-order valence-electron chi connectivity index (χ1n) is 5.89. The van der Waals surface area contributed by atoms with E-state index in [-0.39, 0.29) is 0 Å². The summed E-state index contributed by atoms with van der Waals surface area (Å²) in [6.07, 6.45) is 0. The van der Waals surface area contributed by atoms with Gasteiger partial charge in [0.2, 0.25) is 11.9 Å². The molecule has 0 unspecified atom stereocenters. The number of nitrogens with two attached hydrogens (primary N) is 1. The Balaban J connectivity index is 2.22. The van der Waals surface area contributed by atoms with Gasteiger partial charge in [0.25, 0.3) is 0 Å². The van der Waals surface area contributed by atoms with Gasteiger partial charge in [-0.25, -0.2) is 0 Å². The summed E-state index contributed by atoms with van der Waals surface area (Å²) in [6, 6.07) is 7.18. The Morgan fingerprint density at radius 3 is 3.00 bits per heavy atom. The molecule has 0 fully saturated rings. The number of hydrogen-bond donors (Lipinski definition) is 2. The average molecular weight is 335 g/mol. The molecule has 7 nitrogen and oxygen atoms in total. The van der Waals surface area contributed by atoms with Crippen molar-refractivity contribution < 1.29 is 4.79 Å². The summed E-state index contributed by atoms with van der Waals surface area (Å²) >= 11 is 3.42. The molecule has 0 saturated carbocycles. The summed E-state index contributed by atoms with van der Waals surface area (Å²) in [5.74, 6) is -0.0152. The number of aromatic nitrogens is 4. The molecule has 8 heteroatoms. The van der Waals surface area contributed by atoms with Crippen LogP contribution in [0.25, 0.3) is 0 Å². The first kappa shape index (κ1) is 12.8. The van der Waals surface area contributed by atoms with Crippen molar-refractivity contribution in [2.45, 2.75) is 13.0 Å². The molecule has 3 N–H and O–H groups in total. The summed E-state index contributed by atoms with van der Waals surface area (Å²) in [7, 11) is 0. The molecule has 0 spiro atoms. The molecule has 1 amide bonds. The van der Waals surface area contributed by atoms with Gasteiger partial charge in [0.05, 0.1) is 5.57 Å². The second kappa shape index (κ2) is 4.71. The van der Waals surface area contributed by atoms with Crippen LogP contribution in [0.2, 0.25) is 0 Å². The molecule has 1 atom stereocenters. The number of nitrogens with one attached hydrogen (secondary N) is 1. The Morgan fingerprint density at radius 2 is 2.30 bits per heavy atom. The Morgan fingerprint density at radius 1 is 1.50 bits per heavy atom. The molecule has 2 aromatic rings. The molecule has 0 saturated heterocycles. The first-order valence-corrected chi connectivity index (χ1v) is 6.68. The van der Waals surface area contributed by atoms with Gasteiger partial charge in [-0.1, -0.05) is 33.2 Å². The highest BCUT2D eigenvalue weighted by Gasteiger charge is 2.32. The number of halogens is 1. The molecule has 1 aliphatic rings. The summed E-state index contributed by atoms with van der Waals surface area (Å²) in [6.45, 7) is 1.78. The number of benzene rings is 1. The van der Waals surface area contributed by atoms with E-state index in [9.17, 15) is 4.79 Å². The maximum absolute atomic E-state index is 11.8. The Labute approximate surface area is 123 Å². The zero-order valence-corrected chi connectivity index (χ0v) is 12.1. The topological polar surface area (TPSA) is 98.7 Å². The van der Waals surface area contributed by atoms with Gasteiger partial charge >= 0.3 is 0 Å². The van der Waals surface area contributed by atoms with Crippen LogP contribution < -0.4 is 11.1 Å². The number of tetrazole rings is 1. The van der Waals surface area contributed by atoms with Gasteiger partial charge in [0, 0.05) is 10.2 Å². The summed E-state index contributed by atoms with van der Waals surface area (Å²) in [4.78, 5) is 11.8. The van der Waals surface area contributed by atoms with E-state index in [1.807, 2.05) is 24.3 Å². The predicted octanol–water partition coefficient (Wildman–Crippen LogP) is 1.21. The molecule has 1 aromatic carbocycles. The SMILES string of the molecule is CC1=C(C(N)=O)[C@H](c2cccc(Br)c2)n2nnnc2N1. The standard InChI is InChI=1S/C12H11BrN6O/c1-6-9(11(14)20)10(7-3-2-4-8(13)5-7)19-12(15-6)16-17-18-19/h2-5,10H,1H3,(H2,14,20)(H,15,16,18)/t10-/m0/s1. The number of allylic oxidation sites excluding steroid dienone is 1. The van der Waals surface area contributed by atoms with Crippen molar-refractivity contribution in [3.8, 4) is 0 Å².